The van der Waals surface area contributed by atoms with Gasteiger partial charge in [0.2, 0.25) is 0 Å². The van der Waals surface area contributed by atoms with Crippen molar-refractivity contribution in [3.05, 3.63) is 23.8 Å². The second kappa shape index (κ2) is 3.88. The molecule has 0 aliphatic carbocycles. The van der Waals surface area contributed by atoms with Crippen molar-refractivity contribution in [3.8, 4) is 0 Å². The second-order valence-electron chi connectivity index (χ2n) is 3.56. The Bertz CT molecular complexity index is 363. The van der Waals surface area contributed by atoms with Crippen LogP contribution in [0.1, 0.15) is 31.7 Å². The Balaban J connectivity index is 3.04. The number of carboxylic acids is 1. The summed E-state index contributed by atoms with van der Waals surface area (Å²) in [6.45, 7) is 2.86. The van der Waals surface area contributed by atoms with E-state index in [0.29, 0.717) is 0 Å². The third-order valence-corrected chi connectivity index (χ3v) is 2.07. The van der Waals surface area contributed by atoms with Gasteiger partial charge in [0.25, 0.3) is 6.43 Å². The van der Waals surface area contributed by atoms with E-state index in [1.165, 1.54) is 13.8 Å². The molecule has 15 heavy (non-hydrogen) atoms. The van der Waals surface area contributed by atoms with Gasteiger partial charge >= 0.3 is 5.97 Å². The second-order valence-corrected chi connectivity index (χ2v) is 3.56. The van der Waals surface area contributed by atoms with Crippen LogP contribution in [0.15, 0.2) is 12.4 Å². The summed E-state index contributed by atoms with van der Waals surface area (Å²) >= 11 is 0. The van der Waals surface area contributed by atoms with E-state index in [1.54, 1.807) is 0 Å². The zero-order chi connectivity index (χ0) is 11.6. The molecule has 0 atom stereocenters. The minimum absolute atomic E-state index is 0.152. The van der Waals surface area contributed by atoms with Gasteiger partial charge in [0.1, 0.15) is 11.1 Å². The van der Waals surface area contributed by atoms with E-state index in [1.807, 2.05) is 0 Å². The minimum atomic E-state index is -2.69. The van der Waals surface area contributed by atoms with E-state index < -0.39 is 23.5 Å². The molecule has 1 aromatic heterocycles. The van der Waals surface area contributed by atoms with Crippen LogP contribution in [0.3, 0.4) is 0 Å². The van der Waals surface area contributed by atoms with Gasteiger partial charge in [0.15, 0.2) is 0 Å². The molecule has 0 aliphatic heterocycles. The Morgan fingerprint density at radius 2 is 2.00 bits per heavy atom. The minimum Gasteiger partial charge on any atom is -0.481 e. The predicted octanol–water partition coefficient (Wildman–Crippen LogP) is 1.78. The van der Waals surface area contributed by atoms with Crippen molar-refractivity contribution in [1.82, 2.24) is 9.97 Å². The molecule has 0 saturated heterocycles. The molecule has 1 rings (SSSR count). The van der Waals surface area contributed by atoms with Crippen LogP contribution in [0, 0.1) is 0 Å². The molecule has 82 valence electrons. The highest BCUT2D eigenvalue weighted by Gasteiger charge is 2.31. The first-order valence-electron chi connectivity index (χ1n) is 4.19. The molecule has 0 saturated carbocycles. The fourth-order valence-electron chi connectivity index (χ4n) is 0.883. The first-order valence-corrected chi connectivity index (χ1v) is 4.19. The normalized spacial score (nSPS) is 11.8. The van der Waals surface area contributed by atoms with Crippen molar-refractivity contribution in [1.29, 1.82) is 0 Å². The van der Waals surface area contributed by atoms with Gasteiger partial charge < -0.3 is 5.11 Å². The van der Waals surface area contributed by atoms with Crippen molar-refractivity contribution in [3.63, 3.8) is 0 Å². The topological polar surface area (TPSA) is 63.1 Å². The summed E-state index contributed by atoms with van der Waals surface area (Å²) in [5.74, 6) is -1.08. The van der Waals surface area contributed by atoms with Crippen molar-refractivity contribution in [2.45, 2.75) is 25.7 Å². The lowest BCUT2D eigenvalue weighted by molar-refractivity contribution is -0.142. The first-order chi connectivity index (χ1) is 6.85. The summed E-state index contributed by atoms with van der Waals surface area (Å²) < 4.78 is 24.3. The number of nitrogens with zero attached hydrogens (tertiary/aromatic N) is 2. The quantitative estimate of drug-likeness (QED) is 0.836. The van der Waals surface area contributed by atoms with Crippen LogP contribution in [-0.2, 0) is 10.2 Å². The standard InChI is InChI=1S/C9H10F2N2O2/c1-9(2,8(14)15)6-4-12-5(3-13-6)7(10)11/h3-4,7H,1-2H3,(H,14,15). The third-order valence-electron chi connectivity index (χ3n) is 2.07. The predicted molar refractivity (Wildman–Crippen MR) is 47.7 cm³/mol. The van der Waals surface area contributed by atoms with Gasteiger partial charge in [-0.15, -0.1) is 0 Å². The summed E-state index contributed by atoms with van der Waals surface area (Å²) in [6.07, 6.45) is -0.736. The molecule has 0 bridgehead atoms. The highest BCUT2D eigenvalue weighted by Crippen LogP contribution is 2.22. The van der Waals surface area contributed by atoms with E-state index in [4.69, 9.17) is 5.11 Å². The number of hydrogen-bond acceptors (Lipinski definition) is 3. The number of halogens is 2. The molecule has 0 aliphatic rings. The van der Waals surface area contributed by atoms with Crippen LogP contribution < -0.4 is 0 Å². The molecule has 0 fully saturated rings. The van der Waals surface area contributed by atoms with Crippen molar-refractivity contribution < 1.29 is 18.7 Å². The fraction of sp³-hybridized carbons (Fsp3) is 0.444. The smallest absolute Gasteiger partial charge is 0.315 e. The van der Waals surface area contributed by atoms with Gasteiger partial charge in [0.05, 0.1) is 18.1 Å². The van der Waals surface area contributed by atoms with E-state index in [9.17, 15) is 13.6 Å². The molecular weight excluding hydrogens is 206 g/mol. The van der Waals surface area contributed by atoms with Crippen LogP contribution in [0.25, 0.3) is 0 Å². The zero-order valence-electron chi connectivity index (χ0n) is 8.24. The highest BCUT2D eigenvalue weighted by molar-refractivity contribution is 5.79. The maximum atomic E-state index is 12.1. The van der Waals surface area contributed by atoms with Crippen LogP contribution in [0.5, 0.6) is 0 Å². The molecule has 0 spiro atoms. The fourth-order valence-corrected chi connectivity index (χ4v) is 0.883. The number of aromatic nitrogens is 2. The molecule has 1 aromatic rings. The van der Waals surface area contributed by atoms with Gasteiger partial charge in [-0.05, 0) is 13.8 Å². The van der Waals surface area contributed by atoms with Crippen LogP contribution in [-0.4, -0.2) is 21.0 Å². The van der Waals surface area contributed by atoms with E-state index in [2.05, 4.69) is 9.97 Å². The Morgan fingerprint density at radius 3 is 2.33 bits per heavy atom. The molecule has 1 heterocycles. The van der Waals surface area contributed by atoms with Crippen LogP contribution in [0.2, 0.25) is 0 Å². The third kappa shape index (κ3) is 2.26. The molecule has 1 N–H and O–H groups in total. The maximum Gasteiger partial charge on any atom is 0.315 e. The van der Waals surface area contributed by atoms with E-state index >= 15 is 0 Å². The number of rotatable bonds is 3. The van der Waals surface area contributed by atoms with Gasteiger partial charge in [0, 0.05) is 0 Å². The number of alkyl halides is 2. The summed E-state index contributed by atoms with van der Waals surface area (Å²) in [5.41, 5.74) is -1.53. The highest BCUT2D eigenvalue weighted by atomic mass is 19.3. The Morgan fingerprint density at radius 1 is 1.40 bits per heavy atom. The first kappa shape index (κ1) is 11.5. The van der Waals surface area contributed by atoms with Gasteiger partial charge in [-0.3, -0.25) is 14.8 Å². The zero-order valence-corrected chi connectivity index (χ0v) is 8.24. The summed E-state index contributed by atoms with van der Waals surface area (Å²) in [5, 5.41) is 8.86. The summed E-state index contributed by atoms with van der Waals surface area (Å²) in [6, 6.07) is 0. The molecule has 0 aromatic carbocycles. The SMILES string of the molecule is CC(C)(C(=O)O)c1cnc(C(F)F)cn1. The van der Waals surface area contributed by atoms with Crippen LogP contribution in [0.4, 0.5) is 8.78 Å². The summed E-state index contributed by atoms with van der Waals surface area (Å²) in [7, 11) is 0. The molecule has 4 nitrogen and oxygen atoms in total. The number of carboxylic acid groups (broad SMARTS) is 1. The Labute approximate surface area is 85.0 Å². The van der Waals surface area contributed by atoms with Gasteiger partial charge in [-0.1, -0.05) is 0 Å². The number of aliphatic carboxylic acids is 1. The van der Waals surface area contributed by atoms with Gasteiger partial charge in [-0.2, -0.15) is 0 Å². The molecular formula is C9H10F2N2O2. The molecule has 0 amide bonds. The lowest BCUT2D eigenvalue weighted by atomic mass is 9.90. The van der Waals surface area contributed by atoms with Crippen molar-refractivity contribution >= 4 is 5.97 Å². The largest absolute Gasteiger partial charge is 0.481 e. The number of hydrogen-bond donors (Lipinski definition) is 1. The van der Waals surface area contributed by atoms with Crippen molar-refractivity contribution in [2.24, 2.45) is 0 Å². The Hall–Kier alpha value is -1.59. The summed E-state index contributed by atoms with van der Waals surface area (Å²) in [4.78, 5) is 17.9. The molecule has 0 radical (unpaired) electrons. The van der Waals surface area contributed by atoms with E-state index in [-0.39, 0.29) is 5.69 Å². The lowest BCUT2D eigenvalue weighted by Crippen LogP contribution is -2.29. The van der Waals surface area contributed by atoms with Crippen molar-refractivity contribution in [2.75, 3.05) is 0 Å². The number of carbonyl (C=O) groups is 1. The monoisotopic (exact) mass is 216 g/mol. The Kier molecular flexibility index (Phi) is 2.97. The maximum absolute atomic E-state index is 12.1. The molecule has 6 heteroatoms. The molecule has 0 unspecified atom stereocenters. The lowest BCUT2D eigenvalue weighted by Gasteiger charge is -2.17. The average molecular weight is 216 g/mol. The van der Waals surface area contributed by atoms with Gasteiger partial charge in [-0.25, -0.2) is 8.78 Å². The van der Waals surface area contributed by atoms with E-state index in [0.717, 1.165) is 12.4 Å². The van der Waals surface area contributed by atoms with Crippen LogP contribution >= 0.6 is 0 Å². The average Bonchev–Trinajstić information content (AvgIpc) is 2.17.